The molecule has 0 spiro atoms. The summed E-state index contributed by atoms with van der Waals surface area (Å²) in [6.07, 6.45) is -0.0725. The molecular formula is C12H14ClNO4. The Labute approximate surface area is 110 Å². The molecule has 5 nitrogen and oxygen atoms in total. The zero-order valence-corrected chi connectivity index (χ0v) is 10.8. The van der Waals surface area contributed by atoms with E-state index in [0.717, 1.165) is 0 Å². The molecule has 1 unspecified atom stereocenters. The highest BCUT2D eigenvalue weighted by Crippen LogP contribution is 2.29. The number of carbonyl (C=O) groups is 1. The molecule has 1 aromatic carbocycles. The van der Waals surface area contributed by atoms with Crippen LogP contribution in [0.1, 0.15) is 31.7 Å². The van der Waals surface area contributed by atoms with Crippen LogP contribution in [0.25, 0.3) is 0 Å². The lowest BCUT2D eigenvalue weighted by molar-refractivity contribution is -0.561. The number of nitro groups is 1. The van der Waals surface area contributed by atoms with Crippen molar-refractivity contribution in [3.63, 3.8) is 0 Å². The molecule has 1 aromatic rings. The number of nitrogens with zero attached hydrogens (tertiary/aromatic N) is 1. The van der Waals surface area contributed by atoms with E-state index in [1.165, 1.54) is 13.8 Å². The average molecular weight is 272 g/mol. The lowest BCUT2D eigenvalue weighted by Crippen LogP contribution is -2.34. The maximum Gasteiger partial charge on any atom is 0.311 e. The fourth-order valence-corrected chi connectivity index (χ4v) is 1.74. The normalized spacial score (nSPS) is 13.1. The van der Waals surface area contributed by atoms with E-state index in [4.69, 9.17) is 11.6 Å². The van der Waals surface area contributed by atoms with E-state index >= 15 is 0 Å². The minimum absolute atomic E-state index is 0.0725. The van der Waals surface area contributed by atoms with Crippen molar-refractivity contribution in [1.82, 2.24) is 0 Å². The molecule has 0 bridgehead atoms. The third kappa shape index (κ3) is 3.43. The first kappa shape index (κ1) is 14.4. The van der Waals surface area contributed by atoms with Crippen LogP contribution in [0.5, 0.6) is 0 Å². The molecule has 98 valence electrons. The lowest BCUT2D eigenvalue weighted by atomic mass is 9.86. The summed E-state index contributed by atoms with van der Waals surface area (Å²) in [5.74, 6) is -1.99. The van der Waals surface area contributed by atoms with Crippen LogP contribution in [0.2, 0.25) is 5.02 Å². The number of rotatable bonds is 5. The summed E-state index contributed by atoms with van der Waals surface area (Å²) >= 11 is 5.72. The van der Waals surface area contributed by atoms with Crippen LogP contribution in [0, 0.1) is 10.1 Å². The number of aliphatic carboxylic acids is 1. The molecule has 1 atom stereocenters. The third-order valence-electron chi connectivity index (χ3n) is 2.77. The summed E-state index contributed by atoms with van der Waals surface area (Å²) in [5.41, 5.74) is -0.773. The van der Waals surface area contributed by atoms with Crippen molar-refractivity contribution in [3.05, 3.63) is 45.0 Å². The van der Waals surface area contributed by atoms with Gasteiger partial charge in [-0.3, -0.25) is 14.9 Å². The van der Waals surface area contributed by atoms with Gasteiger partial charge in [0.05, 0.1) is 5.92 Å². The zero-order chi connectivity index (χ0) is 13.9. The SMILES string of the molecule is CC(C)(CC(C(=O)O)c1ccc(Cl)cc1)[N+](=O)[O-]. The monoisotopic (exact) mass is 271 g/mol. The number of hydrogen-bond donors (Lipinski definition) is 1. The average Bonchev–Trinajstić information content (AvgIpc) is 2.27. The molecule has 18 heavy (non-hydrogen) atoms. The van der Waals surface area contributed by atoms with Gasteiger partial charge >= 0.3 is 5.97 Å². The van der Waals surface area contributed by atoms with E-state index in [2.05, 4.69) is 0 Å². The van der Waals surface area contributed by atoms with Gasteiger partial charge < -0.3 is 5.11 Å². The fourth-order valence-electron chi connectivity index (χ4n) is 1.62. The maximum atomic E-state index is 11.2. The Hall–Kier alpha value is -1.62. The molecular weight excluding hydrogens is 258 g/mol. The molecule has 0 radical (unpaired) electrons. The second-order valence-electron chi connectivity index (χ2n) is 4.72. The predicted octanol–water partition coefficient (Wildman–Crippen LogP) is 2.95. The Balaban J connectivity index is 3.01. The van der Waals surface area contributed by atoms with Gasteiger partial charge in [0.1, 0.15) is 0 Å². The molecule has 6 heteroatoms. The molecule has 1 rings (SSSR count). The molecule has 0 fully saturated rings. The quantitative estimate of drug-likeness (QED) is 0.659. The number of carboxylic acid groups (broad SMARTS) is 1. The first-order chi connectivity index (χ1) is 8.24. The number of benzene rings is 1. The van der Waals surface area contributed by atoms with Gasteiger partial charge in [-0.05, 0) is 17.7 Å². The molecule has 0 heterocycles. The Bertz CT molecular complexity index is 456. The second-order valence-corrected chi connectivity index (χ2v) is 5.15. The largest absolute Gasteiger partial charge is 0.481 e. The van der Waals surface area contributed by atoms with Crippen molar-refractivity contribution in [2.24, 2.45) is 0 Å². The van der Waals surface area contributed by atoms with Crippen molar-refractivity contribution >= 4 is 17.6 Å². The van der Waals surface area contributed by atoms with Gasteiger partial charge in [0, 0.05) is 30.2 Å². The van der Waals surface area contributed by atoms with Crippen LogP contribution >= 0.6 is 11.6 Å². The molecule has 1 N–H and O–H groups in total. The Morgan fingerprint density at radius 3 is 2.33 bits per heavy atom. The molecule has 0 saturated heterocycles. The van der Waals surface area contributed by atoms with Crippen molar-refractivity contribution in [3.8, 4) is 0 Å². The summed E-state index contributed by atoms with van der Waals surface area (Å²) in [4.78, 5) is 21.6. The molecule has 0 aliphatic heterocycles. The highest BCUT2D eigenvalue weighted by Gasteiger charge is 2.37. The highest BCUT2D eigenvalue weighted by molar-refractivity contribution is 6.30. The second kappa shape index (κ2) is 5.35. The summed E-state index contributed by atoms with van der Waals surface area (Å²) in [6.45, 7) is 2.83. The van der Waals surface area contributed by atoms with Gasteiger partial charge in [0.2, 0.25) is 5.54 Å². The van der Waals surface area contributed by atoms with Crippen LogP contribution in [-0.2, 0) is 4.79 Å². The van der Waals surface area contributed by atoms with Gasteiger partial charge in [-0.2, -0.15) is 0 Å². The van der Waals surface area contributed by atoms with Gasteiger partial charge in [-0.1, -0.05) is 23.7 Å². The van der Waals surface area contributed by atoms with Gasteiger partial charge in [0.25, 0.3) is 0 Å². The first-order valence-corrected chi connectivity index (χ1v) is 5.74. The summed E-state index contributed by atoms with van der Waals surface area (Å²) < 4.78 is 0. The van der Waals surface area contributed by atoms with Crippen LogP contribution < -0.4 is 0 Å². The van der Waals surface area contributed by atoms with Crippen molar-refractivity contribution in [2.75, 3.05) is 0 Å². The Kier molecular flexibility index (Phi) is 4.29. The minimum atomic E-state index is -1.29. The summed E-state index contributed by atoms with van der Waals surface area (Å²) in [7, 11) is 0. The lowest BCUT2D eigenvalue weighted by Gasteiger charge is -2.20. The van der Waals surface area contributed by atoms with Gasteiger partial charge in [-0.25, -0.2) is 0 Å². The zero-order valence-electron chi connectivity index (χ0n) is 10.1. The third-order valence-corrected chi connectivity index (χ3v) is 3.02. The number of hydrogen-bond acceptors (Lipinski definition) is 3. The van der Waals surface area contributed by atoms with E-state index in [1.54, 1.807) is 24.3 Å². The molecule has 0 aromatic heterocycles. The molecule has 0 amide bonds. The molecule has 0 aliphatic rings. The summed E-state index contributed by atoms with van der Waals surface area (Å²) in [6, 6.07) is 6.31. The smallest absolute Gasteiger partial charge is 0.311 e. The van der Waals surface area contributed by atoms with Crippen LogP contribution in [-0.4, -0.2) is 21.5 Å². The minimum Gasteiger partial charge on any atom is -0.481 e. The van der Waals surface area contributed by atoms with Crippen molar-refractivity contribution in [2.45, 2.75) is 31.7 Å². The van der Waals surface area contributed by atoms with E-state index in [0.29, 0.717) is 10.6 Å². The van der Waals surface area contributed by atoms with Crippen LogP contribution in [0.4, 0.5) is 0 Å². The van der Waals surface area contributed by atoms with Crippen molar-refractivity contribution in [1.29, 1.82) is 0 Å². The van der Waals surface area contributed by atoms with E-state index in [1.807, 2.05) is 0 Å². The van der Waals surface area contributed by atoms with Crippen LogP contribution in [0.15, 0.2) is 24.3 Å². The molecule has 0 aliphatic carbocycles. The van der Waals surface area contributed by atoms with E-state index in [9.17, 15) is 20.0 Å². The standard InChI is InChI=1S/C12H14ClNO4/c1-12(2,14(17)18)7-10(11(15)16)8-3-5-9(13)6-4-8/h3-6,10H,7H2,1-2H3,(H,15,16). The number of halogens is 1. The maximum absolute atomic E-state index is 11.2. The molecule has 0 saturated carbocycles. The van der Waals surface area contributed by atoms with Crippen molar-refractivity contribution < 1.29 is 14.8 Å². The highest BCUT2D eigenvalue weighted by atomic mass is 35.5. The number of carboxylic acids is 1. The fraction of sp³-hybridized carbons (Fsp3) is 0.417. The van der Waals surface area contributed by atoms with E-state index < -0.39 is 22.3 Å². The summed E-state index contributed by atoms with van der Waals surface area (Å²) in [5, 5.41) is 20.5. The predicted molar refractivity (Wildman–Crippen MR) is 67.5 cm³/mol. The Morgan fingerprint density at radius 2 is 1.94 bits per heavy atom. The first-order valence-electron chi connectivity index (χ1n) is 5.37. The topological polar surface area (TPSA) is 80.4 Å². The Morgan fingerprint density at radius 1 is 1.44 bits per heavy atom. The van der Waals surface area contributed by atoms with Crippen LogP contribution in [0.3, 0.4) is 0 Å². The van der Waals surface area contributed by atoms with Gasteiger partial charge in [-0.15, -0.1) is 0 Å². The van der Waals surface area contributed by atoms with E-state index in [-0.39, 0.29) is 6.42 Å². The van der Waals surface area contributed by atoms with Gasteiger partial charge in [0.15, 0.2) is 0 Å².